The van der Waals surface area contributed by atoms with Gasteiger partial charge in [0.15, 0.2) is 11.5 Å². The molecule has 2 aromatic rings. The highest BCUT2D eigenvalue weighted by Crippen LogP contribution is 2.37. The topological polar surface area (TPSA) is 106 Å². The predicted molar refractivity (Wildman–Crippen MR) is 81.7 cm³/mol. The molecule has 0 aliphatic carbocycles. The molecule has 0 saturated heterocycles. The second-order valence-electron chi connectivity index (χ2n) is 4.28. The number of aromatic nitrogens is 1. The molecule has 7 nitrogen and oxygen atoms in total. The Morgan fingerprint density at radius 2 is 1.74 bits per heavy atom. The summed E-state index contributed by atoms with van der Waals surface area (Å²) in [4.78, 5) is 25.7. The molecule has 1 heterocycles. The Morgan fingerprint density at radius 3 is 2.30 bits per heavy atom. The molecular formula is C14H9Cl2NO6. The molecule has 0 aliphatic rings. The molecule has 1 aromatic carbocycles. The fourth-order valence-corrected chi connectivity index (χ4v) is 2.35. The molecule has 0 atom stereocenters. The van der Waals surface area contributed by atoms with Crippen LogP contribution in [0.3, 0.4) is 0 Å². The van der Waals surface area contributed by atoms with E-state index in [1.165, 1.54) is 19.1 Å². The second-order valence-corrected chi connectivity index (χ2v) is 5.12. The summed E-state index contributed by atoms with van der Waals surface area (Å²) < 4.78 is 9.10. The third-order valence-corrected chi connectivity index (χ3v) is 3.25. The Morgan fingerprint density at radius 1 is 1.09 bits per heavy atom. The van der Waals surface area contributed by atoms with Crippen LogP contribution in [-0.2, 0) is 0 Å². The van der Waals surface area contributed by atoms with E-state index in [2.05, 4.69) is 14.5 Å². The number of benzene rings is 1. The largest absolute Gasteiger partial charge is 0.511 e. The zero-order chi connectivity index (χ0) is 17.1. The molecule has 0 amide bonds. The first-order valence-corrected chi connectivity index (χ1v) is 6.82. The van der Waals surface area contributed by atoms with Crippen LogP contribution in [0.1, 0.15) is 5.69 Å². The molecule has 0 saturated carbocycles. The smallest absolute Gasteiger partial charge is 0.449 e. The zero-order valence-electron chi connectivity index (χ0n) is 11.5. The van der Waals surface area contributed by atoms with Crippen molar-refractivity contribution in [3.8, 4) is 22.8 Å². The number of pyridine rings is 1. The molecule has 23 heavy (non-hydrogen) atoms. The van der Waals surface area contributed by atoms with E-state index < -0.39 is 12.3 Å². The standard InChI is InChI=1S/C14H9Cl2NO6/c1-6-12(23-14(20)21)11(22-13(18)19)5-10(17-6)8-3-2-7(15)4-9(8)16/h2-5H,1H3,(H,18,19)(H,20,21). The SMILES string of the molecule is Cc1nc(-c2ccc(Cl)cc2Cl)cc(OC(=O)O)c1OC(=O)O. The van der Waals surface area contributed by atoms with E-state index >= 15 is 0 Å². The highest BCUT2D eigenvalue weighted by molar-refractivity contribution is 6.36. The number of carbonyl (C=O) groups is 2. The molecular weight excluding hydrogens is 349 g/mol. The van der Waals surface area contributed by atoms with Crippen molar-refractivity contribution in [3.05, 3.63) is 40.0 Å². The number of nitrogens with zero attached hydrogens (tertiary/aromatic N) is 1. The van der Waals surface area contributed by atoms with Gasteiger partial charge in [-0.25, -0.2) is 14.6 Å². The molecule has 0 unspecified atom stereocenters. The Bertz CT molecular complexity index is 793. The molecule has 9 heteroatoms. The van der Waals surface area contributed by atoms with E-state index in [9.17, 15) is 9.59 Å². The van der Waals surface area contributed by atoms with Gasteiger partial charge in [-0.1, -0.05) is 23.2 Å². The van der Waals surface area contributed by atoms with Gasteiger partial charge in [0.05, 0.1) is 16.4 Å². The van der Waals surface area contributed by atoms with Crippen molar-refractivity contribution in [1.29, 1.82) is 0 Å². The summed E-state index contributed by atoms with van der Waals surface area (Å²) >= 11 is 11.9. The van der Waals surface area contributed by atoms with Gasteiger partial charge >= 0.3 is 12.3 Å². The van der Waals surface area contributed by atoms with Crippen molar-refractivity contribution < 1.29 is 29.3 Å². The maximum absolute atomic E-state index is 10.8. The number of carboxylic acid groups (broad SMARTS) is 2. The van der Waals surface area contributed by atoms with E-state index in [1.54, 1.807) is 12.1 Å². The number of aryl methyl sites for hydroxylation is 1. The second kappa shape index (κ2) is 6.72. The Balaban J connectivity index is 2.60. The number of hydrogen-bond donors (Lipinski definition) is 2. The fraction of sp³-hybridized carbons (Fsp3) is 0.0714. The van der Waals surface area contributed by atoms with Crippen molar-refractivity contribution in [2.45, 2.75) is 6.92 Å². The Hall–Kier alpha value is -2.51. The lowest BCUT2D eigenvalue weighted by Gasteiger charge is -2.12. The molecule has 120 valence electrons. The van der Waals surface area contributed by atoms with Gasteiger partial charge in [0.25, 0.3) is 0 Å². The van der Waals surface area contributed by atoms with Gasteiger partial charge in [-0.15, -0.1) is 0 Å². The summed E-state index contributed by atoms with van der Waals surface area (Å²) in [6.45, 7) is 1.44. The van der Waals surface area contributed by atoms with Crippen LogP contribution in [0, 0.1) is 6.92 Å². The normalized spacial score (nSPS) is 10.2. The first kappa shape index (κ1) is 16.9. The van der Waals surface area contributed by atoms with Crippen LogP contribution in [0.4, 0.5) is 9.59 Å². The molecule has 0 spiro atoms. The van der Waals surface area contributed by atoms with Crippen LogP contribution in [0.15, 0.2) is 24.3 Å². The zero-order valence-corrected chi connectivity index (χ0v) is 13.1. The first-order chi connectivity index (χ1) is 10.8. The third kappa shape index (κ3) is 4.02. The maximum Gasteiger partial charge on any atom is 0.511 e. The third-order valence-electron chi connectivity index (χ3n) is 2.70. The minimum absolute atomic E-state index is 0.118. The number of hydrogen-bond acceptors (Lipinski definition) is 5. The van der Waals surface area contributed by atoms with E-state index in [-0.39, 0.29) is 27.9 Å². The lowest BCUT2D eigenvalue weighted by atomic mass is 10.1. The van der Waals surface area contributed by atoms with Crippen LogP contribution < -0.4 is 9.47 Å². The highest BCUT2D eigenvalue weighted by Gasteiger charge is 2.19. The Kier molecular flexibility index (Phi) is 4.92. The first-order valence-electron chi connectivity index (χ1n) is 6.06. The minimum Gasteiger partial charge on any atom is -0.449 e. The van der Waals surface area contributed by atoms with Crippen LogP contribution in [0.5, 0.6) is 11.5 Å². The summed E-state index contributed by atoms with van der Waals surface area (Å²) in [5.74, 6) is -0.623. The van der Waals surface area contributed by atoms with Crippen molar-refractivity contribution in [1.82, 2.24) is 4.98 Å². The summed E-state index contributed by atoms with van der Waals surface area (Å²) in [6, 6.07) is 5.89. The summed E-state index contributed by atoms with van der Waals surface area (Å²) in [5.41, 5.74) is 0.863. The number of ether oxygens (including phenoxy) is 2. The van der Waals surface area contributed by atoms with E-state index in [0.29, 0.717) is 10.6 Å². The molecule has 0 radical (unpaired) electrons. The lowest BCUT2D eigenvalue weighted by molar-refractivity contribution is 0.132. The predicted octanol–water partition coefficient (Wildman–Crippen LogP) is 4.48. The van der Waals surface area contributed by atoms with Gasteiger partial charge in [0, 0.05) is 16.7 Å². The van der Waals surface area contributed by atoms with Gasteiger partial charge in [0.2, 0.25) is 0 Å². The van der Waals surface area contributed by atoms with Crippen molar-refractivity contribution >= 4 is 35.5 Å². The quantitative estimate of drug-likeness (QED) is 0.779. The van der Waals surface area contributed by atoms with E-state index in [0.717, 1.165) is 0 Å². The molecule has 2 N–H and O–H groups in total. The van der Waals surface area contributed by atoms with Crippen LogP contribution in [-0.4, -0.2) is 27.5 Å². The van der Waals surface area contributed by atoms with Crippen LogP contribution in [0.25, 0.3) is 11.3 Å². The molecule has 1 aromatic heterocycles. The van der Waals surface area contributed by atoms with Gasteiger partial charge in [-0.3, -0.25) is 0 Å². The molecule has 2 rings (SSSR count). The average molecular weight is 358 g/mol. The average Bonchev–Trinajstić information content (AvgIpc) is 2.41. The van der Waals surface area contributed by atoms with Gasteiger partial charge in [0.1, 0.15) is 0 Å². The van der Waals surface area contributed by atoms with Crippen molar-refractivity contribution in [2.24, 2.45) is 0 Å². The Labute approximate surface area is 140 Å². The summed E-state index contributed by atoms with van der Waals surface area (Å²) in [5, 5.41) is 18.2. The highest BCUT2D eigenvalue weighted by atomic mass is 35.5. The van der Waals surface area contributed by atoms with Crippen LogP contribution >= 0.6 is 23.2 Å². The molecule has 0 aliphatic heterocycles. The number of rotatable bonds is 3. The van der Waals surface area contributed by atoms with E-state index in [4.69, 9.17) is 33.4 Å². The minimum atomic E-state index is -1.63. The van der Waals surface area contributed by atoms with Gasteiger partial charge in [-0.2, -0.15) is 0 Å². The summed E-state index contributed by atoms with van der Waals surface area (Å²) in [6.07, 6.45) is -3.25. The van der Waals surface area contributed by atoms with Crippen molar-refractivity contribution in [2.75, 3.05) is 0 Å². The van der Waals surface area contributed by atoms with Gasteiger partial charge < -0.3 is 19.7 Å². The van der Waals surface area contributed by atoms with E-state index in [1.807, 2.05) is 0 Å². The molecule has 0 fully saturated rings. The van der Waals surface area contributed by atoms with Crippen LogP contribution in [0.2, 0.25) is 10.0 Å². The monoisotopic (exact) mass is 357 g/mol. The maximum atomic E-state index is 10.8. The van der Waals surface area contributed by atoms with Crippen molar-refractivity contribution in [3.63, 3.8) is 0 Å². The fourth-order valence-electron chi connectivity index (χ4n) is 1.85. The molecule has 0 bridgehead atoms. The summed E-state index contributed by atoms with van der Waals surface area (Å²) in [7, 11) is 0. The lowest BCUT2D eigenvalue weighted by Crippen LogP contribution is -2.10. The van der Waals surface area contributed by atoms with Gasteiger partial charge in [-0.05, 0) is 25.1 Å². The number of halogens is 2.